The Morgan fingerprint density at radius 3 is 2.68 bits per heavy atom. The molecule has 1 atom stereocenters. The molecular formula is C14H15ClO3S. The number of aliphatic hydroxyl groups is 1. The second-order valence-electron chi connectivity index (χ2n) is 4.06. The molecule has 0 fully saturated rings. The predicted octanol–water partition coefficient (Wildman–Crippen LogP) is 3.69. The number of rotatable bonds is 5. The molecule has 2 rings (SSSR count). The standard InChI is InChI=1S/C14H15ClO3S/c1-17-11-7-14(19-8-11)12(16)6-9-5-10(15)3-4-13(9)18-2/h3-5,7-8,12,16H,6H2,1-2H3. The number of benzene rings is 1. The van der Waals surface area contributed by atoms with Crippen LogP contribution in [-0.2, 0) is 6.42 Å². The Bertz CT molecular complexity index is 553. The molecule has 5 heteroatoms. The zero-order valence-electron chi connectivity index (χ0n) is 10.7. The van der Waals surface area contributed by atoms with Gasteiger partial charge in [0.15, 0.2) is 0 Å². The lowest BCUT2D eigenvalue weighted by molar-refractivity contribution is 0.181. The Kier molecular flexibility index (Phi) is 4.69. The minimum atomic E-state index is -0.596. The second-order valence-corrected chi connectivity index (χ2v) is 5.44. The zero-order valence-corrected chi connectivity index (χ0v) is 12.3. The summed E-state index contributed by atoms with van der Waals surface area (Å²) in [4.78, 5) is 0.860. The molecule has 3 nitrogen and oxygen atoms in total. The highest BCUT2D eigenvalue weighted by Crippen LogP contribution is 2.32. The van der Waals surface area contributed by atoms with E-state index in [0.717, 1.165) is 21.9 Å². The third-order valence-electron chi connectivity index (χ3n) is 2.82. The SMILES string of the molecule is COc1csc(C(O)Cc2cc(Cl)ccc2OC)c1. The fraction of sp³-hybridized carbons (Fsp3) is 0.286. The van der Waals surface area contributed by atoms with E-state index < -0.39 is 6.10 Å². The van der Waals surface area contributed by atoms with Gasteiger partial charge in [0.2, 0.25) is 0 Å². The van der Waals surface area contributed by atoms with Crippen molar-refractivity contribution in [1.29, 1.82) is 0 Å². The minimum absolute atomic E-state index is 0.452. The normalized spacial score (nSPS) is 12.2. The van der Waals surface area contributed by atoms with Crippen molar-refractivity contribution in [3.63, 3.8) is 0 Å². The van der Waals surface area contributed by atoms with Gasteiger partial charge in [-0.2, -0.15) is 0 Å². The molecule has 0 saturated heterocycles. The fourth-order valence-electron chi connectivity index (χ4n) is 1.83. The molecular weight excluding hydrogens is 284 g/mol. The van der Waals surface area contributed by atoms with Gasteiger partial charge in [-0.05, 0) is 29.8 Å². The Morgan fingerprint density at radius 1 is 1.26 bits per heavy atom. The summed E-state index contributed by atoms with van der Waals surface area (Å²) < 4.78 is 10.4. The Labute approximate surface area is 121 Å². The zero-order chi connectivity index (χ0) is 13.8. The third-order valence-corrected chi connectivity index (χ3v) is 4.06. The predicted molar refractivity (Wildman–Crippen MR) is 77.5 cm³/mol. The summed E-state index contributed by atoms with van der Waals surface area (Å²) in [6.07, 6.45) is -0.144. The molecule has 0 aliphatic carbocycles. The van der Waals surface area contributed by atoms with Gasteiger partial charge in [0.05, 0.1) is 20.3 Å². The Morgan fingerprint density at radius 2 is 2.05 bits per heavy atom. The van der Waals surface area contributed by atoms with Crippen molar-refractivity contribution < 1.29 is 14.6 Å². The average Bonchev–Trinajstić information content (AvgIpc) is 2.88. The van der Waals surface area contributed by atoms with Crippen LogP contribution < -0.4 is 9.47 Å². The largest absolute Gasteiger partial charge is 0.496 e. The van der Waals surface area contributed by atoms with Crippen molar-refractivity contribution in [3.05, 3.63) is 45.1 Å². The Hall–Kier alpha value is -1.23. The molecule has 19 heavy (non-hydrogen) atoms. The van der Waals surface area contributed by atoms with Crippen molar-refractivity contribution in [2.75, 3.05) is 14.2 Å². The maximum Gasteiger partial charge on any atom is 0.129 e. The molecule has 1 aromatic heterocycles. The molecule has 1 N–H and O–H groups in total. The van der Waals surface area contributed by atoms with Crippen molar-refractivity contribution in [3.8, 4) is 11.5 Å². The van der Waals surface area contributed by atoms with Crippen LogP contribution in [0.4, 0.5) is 0 Å². The van der Waals surface area contributed by atoms with E-state index >= 15 is 0 Å². The van der Waals surface area contributed by atoms with E-state index in [1.165, 1.54) is 11.3 Å². The van der Waals surface area contributed by atoms with Gasteiger partial charge in [-0.3, -0.25) is 0 Å². The molecule has 0 aliphatic heterocycles. The first kappa shape index (κ1) is 14.2. The van der Waals surface area contributed by atoms with E-state index in [4.69, 9.17) is 21.1 Å². The van der Waals surface area contributed by atoms with Crippen LogP contribution in [0.15, 0.2) is 29.6 Å². The molecule has 1 unspecified atom stereocenters. The van der Waals surface area contributed by atoms with E-state index in [1.54, 1.807) is 26.4 Å². The van der Waals surface area contributed by atoms with E-state index in [9.17, 15) is 5.11 Å². The highest BCUT2D eigenvalue weighted by molar-refractivity contribution is 7.10. The highest BCUT2D eigenvalue weighted by atomic mass is 35.5. The summed E-state index contributed by atoms with van der Waals surface area (Å²) in [5, 5.41) is 12.7. The van der Waals surface area contributed by atoms with Gasteiger partial charge >= 0.3 is 0 Å². The average molecular weight is 299 g/mol. The van der Waals surface area contributed by atoms with Gasteiger partial charge in [-0.1, -0.05) is 11.6 Å². The third kappa shape index (κ3) is 3.41. The molecule has 2 aromatic rings. The minimum Gasteiger partial charge on any atom is -0.496 e. The first-order chi connectivity index (χ1) is 9.13. The second kappa shape index (κ2) is 6.28. The molecule has 0 amide bonds. The van der Waals surface area contributed by atoms with Crippen LogP contribution >= 0.6 is 22.9 Å². The smallest absolute Gasteiger partial charge is 0.129 e. The van der Waals surface area contributed by atoms with Gasteiger partial charge in [0, 0.05) is 21.7 Å². The van der Waals surface area contributed by atoms with Gasteiger partial charge < -0.3 is 14.6 Å². The summed E-state index contributed by atoms with van der Waals surface area (Å²) in [5.74, 6) is 1.49. The number of hydrogen-bond donors (Lipinski definition) is 1. The van der Waals surface area contributed by atoms with Gasteiger partial charge in [-0.15, -0.1) is 11.3 Å². The quantitative estimate of drug-likeness (QED) is 0.915. The van der Waals surface area contributed by atoms with Gasteiger partial charge in [0.25, 0.3) is 0 Å². The van der Waals surface area contributed by atoms with Crippen LogP contribution in [-0.4, -0.2) is 19.3 Å². The lowest BCUT2D eigenvalue weighted by Gasteiger charge is -2.12. The fourth-order valence-corrected chi connectivity index (χ4v) is 2.87. The molecule has 1 heterocycles. The highest BCUT2D eigenvalue weighted by Gasteiger charge is 2.14. The number of thiophene rings is 1. The molecule has 0 bridgehead atoms. The molecule has 0 saturated carbocycles. The summed E-state index contributed by atoms with van der Waals surface area (Å²) in [7, 11) is 3.21. The van der Waals surface area contributed by atoms with Crippen LogP contribution in [0.2, 0.25) is 5.02 Å². The number of methoxy groups -OCH3 is 2. The van der Waals surface area contributed by atoms with Crippen LogP contribution in [0.3, 0.4) is 0 Å². The van der Waals surface area contributed by atoms with Crippen LogP contribution in [0, 0.1) is 0 Å². The summed E-state index contributed by atoms with van der Waals surface area (Å²) in [6.45, 7) is 0. The Balaban J connectivity index is 2.18. The summed E-state index contributed by atoms with van der Waals surface area (Å²) in [5.41, 5.74) is 0.884. The number of ether oxygens (including phenoxy) is 2. The van der Waals surface area contributed by atoms with Crippen LogP contribution in [0.25, 0.3) is 0 Å². The molecule has 0 radical (unpaired) electrons. The summed E-state index contributed by atoms with van der Waals surface area (Å²) in [6, 6.07) is 7.23. The molecule has 1 aromatic carbocycles. The maximum atomic E-state index is 10.2. The van der Waals surface area contributed by atoms with E-state index in [0.29, 0.717) is 11.4 Å². The number of halogens is 1. The lowest BCUT2D eigenvalue weighted by atomic mass is 10.1. The first-order valence-corrected chi connectivity index (χ1v) is 7.02. The van der Waals surface area contributed by atoms with Crippen molar-refractivity contribution >= 4 is 22.9 Å². The number of aliphatic hydroxyl groups excluding tert-OH is 1. The van der Waals surface area contributed by atoms with Crippen LogP contribution in [0.1, 0.15) is 16.5 Å². The van der Waals surface area contributed by atoms with Crippen molar-refractivity contribution in [2.45, 2.75) is 12.5 Å². The molecule has 102 valence electrons. The van der Waals surface area contributed by atoms with Gasteiger partial charge in [-0.25, -0.2) is 0 Å². The lowest BCUT2D eigenvalue weighted by Crippen LogP contribution is -2.01. The topological polar surface area (TPSA) is 38.7 Å². The summed E-state index contributed by atoms with van der Waals surface area (Å²) >= 11 is 7.45. The van der Waals surface area contributed by atoms with Crippen molar-refractivity contribution in [2.24, 2.45) is 0 Å². The first-order valence-electron chi connectivity index (χ1n) is 5.77. The van der Waals surface area contributed by atoms with Gasteiger partial charge in [0.1, 0.15) is 11.5 Å². The van der Waals surface area contributed by atoms with E-state index in [-0.39, 0.29) is 0 Å². The maximum absolute atomic E-state index is 10.2. The van der Waals surface area contributed by atoms with Crippen LogP contribution in [0.5, 0.6) is 11.5 Å². The van der Waals surface area contributed by atoms with Crippen molar-refractivity contribution in [1.82, 2.24) is 0 Å². The van der Waals surface area contributed by atoms with E-state index in [2.05, 4.69) is 0 Å². The monoisotopic (exact) mass is 298 g/mol. The molecule has 0 aliphatic rings. The molecule has 0 spiro atoms. The van der Waals surface area contributed by atoms with E-state index in [1.807, 2.05) is 17.5 Å². The number of hydrogen-bond acceptors (Lipinski definition) is 4.